The zero-order chi connectivity index (χ0) is 22.3. The average Bonchev–Trinajstić information content (AvgIpc) is 3.12. The minimum absolute atomic E-state index is 0.0850. The van der Waals surface area contributed by atoms with Gasteiger partial charge in [-0.25, -0.2) is 4.79 Å². The van der Waals surface area contributed by atoms with E-state index in [1.54, 1.807) is 13.8 Å². The van der Waals surface area contributed by atoms with E-state index in [9.17, 15) is 24.3 Å². The standard InChI is InChI=1S/C19H34N4O6/c1-10(2)8-13(21-16(25)12(20)9-24)18(27)23-7-5-6-14(23)17(26)22-15(11(3)4)19(28)29/h10-15,24H,5-9,20H2,1-4H3,(H,21,25)(H,22,26)(H,28,29). The number of amides is 3. The van der Waals surface area contributed by atoms with Crippen molar-refractivity contribution in [2.24, 2.45) is 17.6 Å². The molecule has 166 valence electrons. The van der Waals surface area contributed by atoms with Gasteiger partial charge < -0.3 is 31.5 Å². The molecule has 4 unspecified atom stereocenters. The summed E-state index contributed by atoms with van der Waals surface area (Å²) in [5.41, 5.74) is 5.53. The summed E-state index contributed by atoms with van der Waals surface area (Å²) >= 11 is 0. The van der Waals surface area contributed by atoms with Crippen molar-refractivity contribution in [1.29, 1.82) is 0 Å². The molecule has 0 aromatic heterocycles. The fourth-order valence-electron chi connectivity index (χ4n) is 3.32. The summed E-state index contributed by atoms with van der Waals surface area (Å²) in [7, 11) is 0. The van der Waals surface area contributed by atoms with Crippen LogP contribution in [-0.4, -0.2) is 76.1 Å². The van der Waals surface area contributed by atoms with E-state index in [1.807, 2.05) is 13.8 Å². The number of carbonyl (C=O) groups excluding carboxylic acids is 3. The van der Waals surface area contributed by atoms with Crippen LogP contribution < -0.4 is 16.4 Å². The van der Waals surface area contributed by atoms with Crippen LogP contribution in [0.15, 0.2) is 0 Å². The molecular formula is C19H34N4O6. The van der Waals surface area contributed by atoms with Crippen LogP contribution in [0.1, 0.15) is 47.0 Å². The average molecular weight is 415 g/mol. The highest BCUT2D eigenvalue weighted by atomic mass is 16.4. The van der Waals surface area contributed by atoms with E-state index in [-0.39, 0.29) is 11.8 Å². The van der Waals surface area contributed by atoms with Crippen LogP contribution in [0.2, 0.25) is 0 Å². The Bertz CT molecular complexity index is 610. The Hall–Kier alpha value is -2.20. The molecule has 10 nitrogen and oxygen atoms in total. The number of rotatable bonds is 10. The van der Waals surface area contributed by atoms with Crippen molar-refractivity contribution in [2.75, 3.05) is 13.2 Å². The van der Waals surface area contributed by atoms with E-state index in [4.69, 9.17) is 10.8 Å². The van der Waals surface area contributed by atoms with E-state index in [0.717, 1.165) is 0 Å². The number of nitrogens with zero attached hydrogens (tertiary/aromatic N) is 1. The number of carboxylic acid groups (broad SMARTS) is 1. The lowest BCUT2D eigenvalue weighted by Crippen LogP contribution is -2.57. The van der Waals surface area contributed by atoms with E-state index in [0.29, 0.717) is 25.8 Å². The number of nitrogens with one attached hydrogen (secondary N) is 2. The Balaban J connectivity index is 2.95. The molecule has 1 fully saturated rings. The van der Waals surface area contributed by atoms with Gasteiger partial charge in [0.15, 0.2) is 0 Å². The molecule has 1 saturated heterocycles. The van der Waals surface area contributed by atoms with E-state index in [1.165, 1.54) is 4.90 Å². The highest BCUT2D eigenvalue weighted by Crippen LogP contribution is 2.21. The highest BCUT2D eigenvalue weighted by molar-refractivity contribution is 5.94. The molecule has 0 aromatic rings. The first-order chi connectivity index (χ1) is 13.5. The van der Waals surface area contributed by atoms with Crippen LogP contribution in [0, 0.1) is 11.8 Å². The number of hydrogen-bond acceptors (Lipinski definition) is 6. The summed E-state index contributed by atoms with van der Waals surface area (Å²) in [6.45, 7) is 6.96. The Morgan fingerprint density at radius 2 is 1.76 bits per heavy atom. The minimum atomic E-state index is -1.14. The van der Waals surface area contributed by atoms with Crippen LogP contribution >= 0.6 is 0 Å². The molecule has 1 heterocycles. The second kappa shape index (κ2) is 11.1. The van der Waals surface area contributed by atoms with Crippen molar-refractivity contribution in [2.45, 2.75) is 71.1 Å². The topological polar surface area (TPSA) is 162 Å². The third-order valence-electron chi connectivity index (χ3n) is 4.92. The number of aliphatic hydroxyl groups is 1. The van der Waals surface area contributed by atoms with Crippen LogP contribution in [0.3, 0.4) is 0 Å². The van der Waals surface area contributed by atoms with E-state index >= 15 is 0 Å². The second-order valence-corrected chi connectivity index (χ2v) is 8.24. The fourth-order valence-corrected chi connectivity index (χ4v) is 3.32. The SMILES string of the molecule is CC(C)CC(NC(=O)C(N)CO)C(=O)N1CCCC1C(=O)NC(C(=O)O)C(C)C. The molecule has 1 aliphatic rings. The van der Waals surface area contributed by atoms with Gasteiger partial charge in [-0.15, -0.1) is 0 Å². The molecule has 10 heteroatoms. The number of carboxylic acids is 1. The molecule has 6 N–H and O–H groups in total. The summed E-state index contributed by atoms with van der Waals surface area (Å²) in [5.74, 6) is -2.92. The van der Waals surface area contributed by atoms with Gasteiger partial charge in [0.05, 0.1) is 6.61 Å². The van der Waals surface area contributed by atoms with Crippen LogP contribution in [-0.2, 0) is 19.2 Å². The van der Waals surface area contributed by atoms with Crippen molar-refractivity contribution >= 4 is 23.7 Å². The molecule has 3 amide bonds. The number of aliphatic hydroxyl groups excluding tert-OH is 1. The predicted molar refractivity (Wildman–Crippen MR) is 106 cm³/mol. The van der Waals surface area contributed by atoms with Crippen molar-refractivity contribution in [1.82, 2.24) is 15.5 Å². The molecule has 0 spiro atoms. The first-order valence-electron chi connectivity index (χ1n) is 10.00. The maximum atomic E-state index is 13.1. The Morgan fingerprint density at radius 1 is 1.14 bits per heavy atom. The number of hydrogen-bond donors (Lipinski definition) is 5. The van der Waals surface area contributed by atoms with Gasteiger partial charge in [0, 0.05) is 6.54 Å². The number of likely N-dealkylation sites (tertiary alicyclic amines) is 1. The molecular weight excluding hydrogens is 380 g/mol. The zero-order valence-electron chi connectivity index (χ0n) is 17.6. The summed E-state index contributed by atoms with van der Waals surface area (Å²) in [6, 6.07) is -3.86. The Labute approximate surface area is 171 Å². The molecule has 0 bridgehead atoms. The van der Waals surface area contributed by atoms with Gasteiger partial charge in [-0.1, -0.05) is 27.7 Å². The first-order valence-corrected chi connectivity index (χ1v) is 10.00. The Kier molecular flexibility index (Phi) is 9.51. The lowest BCUT2D eigenvalue weighted by Gasteiger charge is -2.31. The van der Waals surface area contributed by atoms with Gasteiger partial charge in [-0.05, 0) is 31.1 Å². The summed E-state index contributed by atoms with van der Waals surface area (Å²) in [4.78, 5) is 50.7. The zero-order valence-corrected chi connectivity index (χ0v) is 17.6. The number of nitrogens with two attached hydrogens (primary N) is 1. The van der Waals surface area contributed by atoms with Gasteiger partial charge in [0.2, 0.25) is 17.7 Å². The maximum Gasteiger partial charge on any atom is 0.326 e. The molecule has 1 rings (SSSR count). The van der Waals surface area contributed by atoms with Crippen LogP contribution in [0.4, 0.5) is 0 Å². The first kappa shape index (κ1) is 24.8. The van der Waals surface area contributed by atoms with Gasteiger partial charge in [0.25, 0.3) is 0 Å². The lowest BCUT2D eigenvalue weighted by atomic mass is 10.0. The number of carbonyl (C=O) groups is 4. The van der Waals surface area contributed by atoms with Crippen molar-refractivity contribution in [3.63, 3.8) is 0 Å². The summed E-state index contributed by atoms with van der Waals surface area (Å²) < 4.78 is 0. The minimum Gasteiger partial charge on any atom is -0.480 e. The molecule has 0 aliphatic carbocycles. The fraction of sp³-hybridized carbons (Fsp3) is 0.789. The maximum absolute atomic E-state index is 13.1. The molecule has 1 aliphatic heterocycles. The van der Waals surface area contributed by atoms with Gasteiger partial charge >= 0.3 is 5.97 Å². The van der Waals surface area contributed by atoms with Gasteiger partial charge in [-0.3, -0.25) is 14.4 Å². The largest absolute Gasteiger partial charge is 0.480 e. The second-order valence-electron chi connectivity index (χ2n) is 8.24. The molecule has 4 atom stereocenters. The van der Waals surface area contributed by atoms with Crippen LogP contribution in [0.25, 0.3) is 0 Å². The van der Waals surface area contributed by atoms with E-state index < -0.39 is 54.5 Å². The molecule has 29 heavy (non-hydrogen) atoms. The van der Waals surface area contributed by atoms with Crippen LogP contribution in [0.5, 0.6) is 0 Å². The van der Waals surface area contributed by atoms with Crippen molar-refractivity contribution in [3.05, 3.63) is 0 Å². The molecule has 0 radical (unpaired) electrons. The summed E-state index contributed by atoms with van der Waals surface area (Å²) in [6.07, 6.45) is 1.36. The lowest BCUT2D eigenvalue weighted by molar-refractivity contribution is -0.146. The third kappa shape index (κ3) is 6.97. The van der Waals surface area contributed by atoms with Crippen molar-refractivity contribution in [3.8, 4) is 0 Å². The molecule has 0 saturated carbocycles. The van der Waals surface area contributed by atoms with Gasteiger partial charge in [0.1, 0.15) is 24.2 Å². The number of aliphatic carboxylic acids is 1. The quantitative estimate of drug-likeness (QED) is 0.308. The Morgan fingerprint density at radius 3 is 2.24 bits per heavy atom. The normalized spacial score (nSPS) is 19.7. The van der Waals surface area contributed by atoms with Gasteiger partial charge in [-0.2, -0.15) is 0 Å². The van der Waals surface area contributed by atoms with Crippen molar-refractivity contribution < 1.29 is 29.4 Å². The highest BCUT2D eigenvalue weighted by Gasteiger charge is 2.39. The monoisotopic (exact) mass is 414 g/mol. The third-order valence-corrected chi connectivity index (χ3v) is 4.92. The molecule has 0 aromatic carbocycles. The smallest absolute Gasteiger partial charge is 0.326 e. The predicted octanol–water partition coefficient (Wildman–Crippen LogP) is -0.947. The summed E-state index contributed by atoms with van der Waals surface area (Å²) in [5, 5.41) is 23.4. The van der Waals surface area contributed by atoms with E-state index in [2.05, 4.69) is 10.6 Å².